The van der Waals surface area contributed by atoms with E-state index in [2.05, 4.69) is 5.32 Å². The third-order valence-electron chi connectivity index (χ3n) is 3.34. The molecule has 6 nitrogen and oxygen atoms in total. The van der Waals surface area contributed by atoms with Crippen LogP contribution in [-0.4, -0.2) is 26.4 Å². The van der Waals surface area contributed by atoms with E-state index in [9.17, 15) is 4.79 Å². The molecule has 120 valence electrons. The predicted molar refractivity (Wildman–Crippen MR) is 84.4 cm³/mol. The van der Waals surface area contributed by atoms with Crippen molar-refractivity contribution in [2.24, 2.45) is 0 Å². The van der Waals surface area contributed by atoms with Gasteiger partial charge in [0.05, 0.1) is 12.8 Å². The second-order valence-corrected chi connectivity index (χ2v) is 5.06. The van der Waals surface area contributed by atoms with Crippen LogP contribution in [0.5, 0.6) is 23.0 Å². The Kier molecular flexibility index (Phi) is 4.23. The van der Waals surface area contributed by atoms with Gasteiger partial charge in [-0.05, 0) is 36.8 Å². The van der Waals surface area contributed by atoms with Crippen LogP contribution in [0.25, 0.3) is 0 Å². The summed E-state index contributed by atoms with van der Waals surface area (Å²) in [4.78, 5) is 12.1. The summed E-state index contributed by atoms with van der Waals surface area (Å²) in [5, 5.41) is 2.78. The minimum absolute atomic E-state index is 0.114. The number of anilines is 1. The number of benzene rings is 2. The number of amides is 1. The van der Waals surface area contributed by atoms with Gasteiger partial charge in [0.25, 0.3) is 5.91 Å². The average Bonchev–Trinajstić information content (AvgIpc) is 3.01. The number of hydrogen-bond donors (Lipinski definition) is 1. The first-order chi connectivity index (χ1) is 11.2. The van der Waals surface area contributed by atoms with Crippen molar-refractivity contribution in [3.8, 4) is 23.0 Å². The first-order valence-electron chi connectivity index (χ1n) is 7.12. The smallest absolute Gasteiger partial charge is 0.262 e. The Morgan fingerprint density at radius 2 is 2.00 bits per heavy atom. The quantitative estimate of drug-likeness (QED) is 0.919. The Labute approximate surface area is 133 Å². The van der Waals surface area contributed by atoms with Crippen molar-refractivity contribution in [1.29, 1.82) is 0 Å². The molecule has 0 spiro atoms. The van der Waals surface area contributed by atoms with Crippen LogP contribution in [0, 0.1) is 6.92 Å². The van der Waals surface area contributed by atoms with Crippen LogP contribution in [0.15, 0.2) is 36.4 Å². The predicted octanol–water partition coefficient (Wildman–Crippen LogP) is 2.75. The van der Waals surface area contributed by atoms with E-state index in [1.165, 1.54) is 0 Å². The molecule has 1 N–H and O–H groups in total. The maximum Gasteiger partial charge on any atom is 0.262 e. The Hall–Kier alpha value is -2.89. The van der Waals surface area contributed by atoms with Gasteiger partial charge in [0.15, 0.2) is 18.1 Å². The van der Waals surface area contributed by atoms with Gasteiger partial charge in [-0.25, -0.2) is 0 Å². The number of carbonyl (C=O) groups is 1. The molecule has 6 heteroatoms. The molecule has 0 aromatic heterocycles. The second kappa shape index (κ2) is 6.48. The van der Waals surface area contributed by atoms with Crippen molar-refractivity contribution < 1.29 is 23.7 Å². The molecule has 0 saturated heterocycles. The topological polar surface area (TPSA) is 66.0 Å². The van der Waals surface area contributed by atoms with Crippen molar-refractivity contribution in [3.63, 3.8) is 0 Å². The third kappa shape index (κ3) is 3.48. The van der Waals surface area contributed by atoms with Gasteiger partial charge >= 0.3 is 0 Å². The summed E-state index contributed by atoms with van der Waals surface area (Å²) >= 11 is 0. The van der Waals surface area contributed by atoms with Crippen LogP contribution < -0.4 is 24.3 Å². The first kappa shape index (κ1) is 15.0. The lowest BCUT2D eigenvalue weighted by atomic mass is 10.2. The molecule has 1 aliphatic rings. The van der Waals surface area contributed by atoms with Gasteiger partial charge in [-0.3, -0.25) is 4.79 Å². The van der Waals surface area contributed by atoms with E-state index in [-0.39, 0.29) is 19.3 Å². The summed E-state index contributed by atoms with van der Waals surface area (Å²) in [5.74, 6) is 2.16. The summed E-state index contributed by atoms with van der Waals surface area (Å²) in [6, 6.07) is 10.7. The lowest BCUT2D eigenvalue weighted by molar-refractivity contribution is -0.118. The summed E-state index contributed by atoms with van der Waals surface area (Å²) in [5.41, 5.74) is 1.64. The molecular weight excluding hydrogens is 298 g/mol. The molecule has 0 saturated carbocycles. The highest BCUT2D eigenvalue weighted by Crippen LogP contribution is 2.35. The van der Waals surface area contributed by atoms with Gasteiger partial charge in [0.2, 0.25) is 6.79 Å². The van der Waals surface area contributed by atoms with Crippen LogP contribution in [0.4, 0.5) is 5.69 Å². The van der Waals surface area contributed by atoms with E-state index in [1.807, 2.05) is 25.1 Å². The van der Waals surface area contributed by atoms with Gasteiger partial charge in [-0.15, -0.1) is 0 Å². The van der Waals surface area contributed by atoms with Crippen molar-refractivity contribution in [2.45, 2.75) is 6.92 Å². The molecule has 0 unspecified atom stereocenters. The fourth-order valence-corrected chi connectivity index (χ4v) is 2.22. The highest BCUT2D eigenvalue weighted by molar-refractivity contribution is 5.93. The van der Waals surface area contributed by atoms with Crippen molar-refractivity contribution in [2.75, 3.05) is 25.8 Å². The van der Waals surface area contributed by atoms with E-state index in [1.54, 1.807) is 25.3 Å². The van der Waals surface area contributed by atoms with Crippen molar-refractivity contribution >= 4 is 11.6 Å². The molecule has 2 aromatic rings. The normalized spacial score (nSPS) is 11.9. The van der Waals surface area contributed by atoms with Crippen LogP contribution in [0.1, 0.15) is 5.56 Å². The number of methoxy groups -OCH3 is 1. The zero-order valence-corrected chi connectivity index (χ0v) is 12.9. The SMILES string of the molecule is COc1ccc(C)cc1NC(=O)COc1ccc2c(c1)OCO2. The van der Waals surface area contributed by atoms with Gasteiger partial charge < -0.3 is 24.3 Å². The number of carbonyl (C=O) groups excluding carboxylic acids is 1. The molecular formula is C17H17NO5. The van der Waals surface area contributed by atoms with E-state index < -0.39 is 0 Å². The number of aryl methyl sites for hydroxylation is 1. The van der Waals surface area contributed by atoms with E-state index in [0.29, 0.717) is 28.7 Å². The lowest BCUT2D eigenvalue weighted by Crippen LogP contribution is -2.20. The minimum atomic E-state index is -0.272. The number of nitrogens with one attached hydrogen (secondary N) is 1. The Balaban J connectivity index is 1.61. The molecule has 2 aromatic carbocycles. The Morgan fingerprint density at radius 3 is 2.83 bits per heavy atom. The Morgan fingerprint density at radius 1 is 1.17 bits per heavy atom. The fraction of sp³-hybridized carbons (Fsp3) is 0.235. The average molecular weight is 315 g/mol. The highest BCUT2D eigenvalue weighted by Gasteiger charge is 2.14. The largest absolute Gasteiger partial charge is 0.495 e. The van der Waals surface area contributed by atoms with Crippen LogP contribution >= 0.6 is 0 Å². The summed E-state index contributed by atoms with van der Waals surface area (Å²) < 4.78 is 21.2. The summed E-state index contributed by atoms with van der Waals surface area (Å²) in [6.45, 7) is 2.03. The van der Waals surface area contributed by atoms with Gasteiger partial charge in [0.1, 0.15) is 11.5 Å². The molecule has 1 heterocycles. The third-order valence-corrected chi connectivity index (χ3v) is 3.34. The van der Waals surface area contributed by atoms with Gasteiger partial charge in [-0.2, -0.15) is 0 Å². The zero-order valence-electron chi connectivity index (χ0n) is 12.9. The molecule has 0 aliphatic carbocycles. The first-order valence-corrected chi connectivity index (χ1v) is 7.12. The summed E-state index contributed by atoms with van der Waals surface area (Å²) in [6.07, 6.45) is 0. The lowest BCUT2D eigenvalue weighted by Gasteiger charge is -2.11. The maximum absolute atomic E-state index is 12.1. The molecule has 0 atom stereocenters. The molecule has 3 rings (SSSR count). The van der Waals surface area contributed by atoms with Crippen LogP contribution in [0.3, 0.4) is 0 Å². The molecule has 1 amide bonds. The number of rotatable bonds is 5. The van der Waals surface area contributed by atoms with Crippen LogP contribution in [0.2, 0.25) is 0 Å². The molecule has 0 radical (unpaired) electrons. The monoisotopic (exact) mass is 315 g/mol. The fourth-order valence-electron chi connectivity index (χ4n) is 2.22. The molecule has 1 aliphatic heterocycles. The van der Waals surface area contributed by atoms with Gasteiger partial charge in [0, 0.05) is 6.07 Å². The van der Waals surface area contributed by atoms with Crippen molar-refractivity contribution in [1.82, 2.24) is 0 Å². The van der Waals surface area contributed by atoms with Crippen LogP contribution in [-0.2, 0) is 4.79 Å². The molecule has 23 heavy (non-hydrogen) atoms. The number of ether oxygens (including phenoxy) is 4. The van der Waals surface area contributed by atoms with E-state index in [4.69, 9.17) is 18.9 Å². The van der Waals surface area contributed by atoms with Gasteiger partial charge in [-0.1, -0.05) is 6.07 Å². The minimum Gasteiger partial charge on any atom is -0.495 e. The highest BCUT2D eigenvalue weighted by atomic mass is 16.7. The van der Waals surface area contributed by atoms with E-state index >= 15 is 0 Å². The number of hydrogen-bond acceptors (Lipinski definition) is 5. The molecule has 0 fully saturated rings. The van der Waals surface area contributed by atoms with Crippen molar-refractivity contribution in [3.05, 3.63) is 42.0 Å². The standard InChI is InChI=1S/C17H17NO5/c1-11-3-5-14(20-2)13(7-11)18-17(19)9-21-12-4-6-15-16(8-12)23-10-22-15/h3-8H,9-10H2,1-2H3,(H,18,19). The second-order valence-electron chi connectivity index (χ2n) is 5.06. The molecule has 0 bridgehead atoms. The maximum atomic E-state index is 12.1. The zero-order chi connectivity index (χ0) is 16.2. The van der Waals surface area contributed by atoms with E-state index in [0.717, 1.165) is 5.56 Å². The number of fused-ring (bicyclic) bond motifs is 1. The Bertz CT molecular complexity index is 729. The summed E-state index contributed by atoms with van der Waals surface area (Å²) in [7, 11) is 1.56.